The number of carbonyl (C=O) groups excluding carboxylic acids is 2. The average Bonchev–Trinajstić information content (AvgIpc) is 3.35. The molecule has 11 heteroatoms. The maximum absolute atomic E-state index is 10.4. The van der Waals surface area contributed by atoms with Crippen LogP contribution in [-0.2, 0) is 33.2 Å². The first-order valence-corrected chi connectivity index (χ1v) is 8.07. The number of nitrogens with zero attached hydrogens (tertiary/aromatic N) is 3. The Morgan fingerprint density at radius 3 is 1.68 bits per heavy atom. The molecule has 0 atom stereocenters. The summed E-state index contributed by atoms with van der Waals surface area (Å²) in [4.78, 5) is 34.9. The van der Waals surface area contributed by atoms with E-state index in [-0.39, 0.29) is 23.6 Å². The van der Waals surface area contributed by atoms with Gasteiger partial charge in [-0.2, -0.15) is 0 Å². The fourth-order valence-corrected chi connectivity index (χ4v) is 1.94. The molecular formula is C17H18ClCuN5O4. The Bertz CT molecular complexity index is 678. The SMILES string of the molecule is O=C([O-])CN(CC(=O)[O-])Cc1ccc(Cl)cc1.[Cu+2].c1c[nH]cn1.c1c[nH]cn1. The third-order valence-corrected chi connectivity index (χ3v) is 3.09. The van der Waals surface area contributed by atoms with Gasteiger partial charge in [0.25, 0.3) is 0 Å². The maximum Gasteiger partial charge on any atom is 2.00 e. The number of aromatic amines is 2. The summed E-state index contributed by atoms with van der Waals surface area (Å²) in [6.45, 7) is -0.744. The van der Waals surface area contributed by atoms with Gasteiger partial charge in [-0.3, -0.25) is 4.90 Å². The molecule has 0 aliphatic rings. The molecule has 153 valence electrons. The maximum atomic E-state index is 10.4. The van der Waals surface area contributed by atoms with E-state index in [9.17, 15) is 19.8 Å². The number of carbonyl (C=O) groups is 2. The van der Waals surface area contributed by atoms with E-state index in [0.29, 0.717) is 5.02 Å². The first-order valence-electron chi connectivity index (χ1n) is 7.69. The summed E-state index contributed by atoms with van der Waals surface area (Å²) in [7, 11) is 0. The quantitative estimate of drug-likeness (QED) is 0.476. The summed E-state index contributed by atoms with van der Waals surface area (Å²) >= 11 is 5.70. The number of hydrogen-bond acceptors (Lipinski definition) is 7. The summed E-state index contributed by atoms with van der Waals surface area (Å²) in [6, 6.07) is 6.68. The van der Waals surface area contributed by atoms with Crippen molar-refractivity contribution in [2.75, 3.05) is 13.1 Å². The summed E-state index contributed by atoms with van der Waals surface area (Å²) in [5, 5.41) is 21.5. The van der Waals surface area contributed by atoms with E-state index in [4.69, 9.17) is 11.6 Å². The van der Waals surface area contributed by atoms with Crippen LogP contribution >= 0.6 is 11.6 Å². The second-order valence-electron chi connectivity index (χ2n) is 5.04. The van der Waals surface area contributed by atoms with Crippen molar-refractivity contribution in [3.8, 4) is 0 Å². The number of imidazole rings is 2. The Morgan fingerprint density at radius 2 is 1.39 bits per heavy atom. The van der Waals surface area contributed by atoms with Crippen LogP contribution in [0.3, 0.4) is 0 Å². The zero-order valence-electron chi connectivity index (χ0n) is 14.5. The van der Waals surface area contributed by atoms with Gasteiger partial charge in [0.1, 0.15) is 0 Å². The van der Waals surface area contributed by atoms with Gasteiger partial charge in [0.2, 0.25) is 0 Å². The Morgan fingerprint density at radius 1 is 0.929 bits per heavy atom. The van der Waals surface area contributed by atoms with E-state index < -0.39 is 25.0 Å². The summed E-state index contributed by atoms with van der Waals surface area (Å²) < 4.78 is 0. The normalized spacial score (nSPS) is 9.21. The molecule has 1 aromatic carbocycles. The van der Waals surface area contributed by atoms with Crippen molar-refractivity contribution in [1.82, 2.24) is 24.8 Å². The van der Waals surface area contributed by atoms with Crippen LogP contribution in [0.2, 0.25) is 5.02 Å². The summed E-state index contributed by atoms with van der Waals surface area (Å²) in [5.41, 5.74) is 0.761. The number of aromatic nitrogens is 4. The zero-order chi connectivity index (χ0) is 19.9. The molecule has 2 aromatic heterocycles. The largest absolute Gasteiger partial charge is 2.00 e. The van der Waals surface area contributed by atoms with E-state index in [1.165, 1.54) is 4.90 Å². The van der Waals surface area contributed by atoms with E-state index in [1.807, 2.05) is 0 Å². The van der Waals surface area contributed by atoms with Crippen LogP contribution in [0, 0.1) is 0 Å². The third kappa shape index (κ3) is 13.5. The molecule has 2 N–H and O–H groups in total. The second kappa shape index (κ2) is 15.4. The number of benzene rings is 1. The fourth-order valence-electron chi connectivity index (χ4n) is 1.81. The van der Waals surface area contributed by atoms with Crippen molar-refractivity contribution in [2.24, 2.45) is 0 Å². The van der Waals surface area contributed by atoms with Gasteiger partial charge in [-0.25, -0.2) is 9.97 Å². The van der Waals surface area contributed by atoms with Crippen molar-refractivity contribution in [3.05, 3.63) is 72.3 Å². The number of halogens is 1. The van der Waals surface area contributed by atoms with Crippen LogP contribution in [-0.4, -0.2) is 49.9 Å². The molecule has 0 spiro atoms. The molecule has 3 aromatic rings. The predicted octanol–water partition coefficient (Wildman–Crippen LogP) is -0.541. The molecule has 0 aliphatic carbocycles. The molecule has 0 unspecified atom stereocenters. The zero-order valence-corrected chi connectivity index (χ0v) is 16.2. The van der Waals surface area contributed by atoms with E-state index in [2.05, 4.69) is 19.9 Å². The van der Waals surface area contributed by atoms with Crippen molar-refractivity contribution in [3.63, 3.8) is 0 Å². The van der Waals surface area contributed by atoms with Crippen LogP contribution in [0.5, 0.6) is 0 Å². The number of H-pyrrole nitrogens is 2. The molecule has 0 saturated heterocycles. The van der Waals surface area contributed by atoms with E-state index >= 15 is 0 Å². The molecule has 28 heavy (non-hydrogen) atoms. The molecular weight excluding hydrogens is 437 g/mol. The van der Waals surface area contributed by atoms with Crippen LogP contribution in [0.4, 0.5) is 0 Å². The Labute approximate surface area is 177 Å². The monoisotopic (exact) mass is 454 g/mol. The minimum atomic E-state index is -1.33. The number of carboxylic acid groups (broad SMARTS) is 2. The standard InChI is InChI=1S/C11H12ClNO4.2C3H4N2.Cu/c12-9-3-1-8(2-4-9)5-13(6-10(14)15)7-11(16)17;2*1-2-5-3-4-1;/h1-4H,5-7H2,(H,14,15)(H,16,17);2*1-3H,(H,4,5);/q;;;+2/p-2. The van der Waals surface area contributed by atoms with E-state index in [0.717, 1.165) is 5.56 Å². The number of rotatable bonds is 6. The number of carboxylic acids is 2. The van der Waals surface area contributed by atoms with E-state index in [1.54, 1.807) is 61.7 Å². The minimum Gasteiger partial charge on any atom is -0.549 e. The number of nitrogens with one attached hydrogen (secondary N) is 2. The van der Waals surface area contributed by atoms with Gasteiger partial charge in [0.05, 0.1) is 24.6 Å². The first-order chi connectivity index (χ1) is 13.0. The first kappa shape index (κ1) is 25.3. The van der Waals surface area contributed by atoms with Gasteiger partial charge in [-0.15, -0.1) is 0 Å². The molecule has 3 rings (SSSR count). The van der Waals surface area contributed by atoms with Gasteiger partial charge in [-0.1, -0.05) is 23.7 Å². The van der Waals surface area contributed by atoms with Crippen molar-refractivity contribution in [1.29, 1.82) is 0 Å². The average molecular weight is 455 g/mol. The predicted molar refractivity (Wildman–Crippen MR) is 93.9 cm³/mol. The molecule has 1 radical (unpaired) electrons. The second-order valence-corrected chi connectivity index (χ2v) is 5.47. The summed E-state index contributed by atoms with van der Waals surface area (Å²) in [6.07, 6.45) is 10.2. The minimum absolute atomic E-state index is 0. The molecule has 2 heterocycles. The molecule has 0 amide bonds. The van der Waals surface area contributed by atoms with Crippen LogP contribution in [0.25, 0.3) is 0 Å². The molecule has 0 saturated carbocycles. The molecule has 9 nitrogen and oxygen atoms in total. The Hall–Kier alpha value is -2.65. The van der Waals surface area contributed by atoms with Gasteiger partial charge in [0.15, 0.2) is 0 Å². The number of aliphatic carboxylic acids is 2. The van der Waals surface area contributed by atoms with Crippen LogP contribution in [0.1, 0.15) is 5.56 Å². The van der Waals surface area contributed by atoms with Crippen molar-refractivity contribution >= 4 is 23.5 Å². The smallest absolute Gasteiger partial charge is 0.549 e. The molecule has 0 aliphatic heterocycles. The molecule has 0 fully saturated rings. The van der Waals surface area contributed by atoms with Crippen LogP contribution in [0.15, 0.2) is 61.7 Å². The fraction of sp³-hybridized carbons (Fsp3) is 0.176. The van der Waals surface area contributed by atoms with Gasteiger partial charge in [-0.05, 0) is 17.7 Å². The van der Waals surface area contributed by atoms with Gasteiger partial charge >= 0.3 is 17.1 Å². The summed E-state index contributed by atoms with van der Waals surface area (Å²) in [5.74, 6) is -2.67. The van der Waals surface area contributed by atoms with Crippen molar-refractivity contribution in [2.45, 2.75) is 6.54 Å². The third-order valence-electron chi connectivity index (χ3n) is 2.84. The molecule has 0 bridgehead atoms. The van der Waals surface area contributed by atoms with Gasteiger partial charge in [0, 0.05) is 49.4 Å². The Kier molecular flexibility index (Phi) is 14.0. The topological polar surface area (TPSA) is 141 Å². The van der Waals surface area contributed by atoms with Gasteiger partial charge < -0.3 is 29.8 Å². The number of hydrogen-bond donors (Lipinski definition) is 2. The van der Waals surface area contributed by atoms with Crippen molar-refractivity contribution < 1.29 is 36.9 Å². The Balaban J connectivity index is 0.000000535. The van der Waals surface area contributed by atoms with Crippen LogP contribution < -0.4 is 10.2 Å².